The molecule has 5 nitrogen and oxygen atoms in total. The zero-order valence-corrected chi connectivity index (χ0v) is 9.03. The van der Waals surface area contributed by atoms with Gasteiger partial charge in [0.2, 0.25) is 5.89 Å². The topological polar surface area (TPSA) is 60.2 Å². The number of nitrogens with zero attached hydrogens (tertiary/aromatic N) is 2. The van der Waals surface area contributed by atoms with Crippen LogP contribution in [0, 0.1) is 0 Å². The molecule has 0 amide bonds. The lowest BCUT2D eigenvalue weighted by molar-refractivity contribution is 0.174. The maximum atomic E-state index is 5.07. The van der Waals surface area contributed by atoms with Gasteiger partial charge in [-0.25, -0.2) is 0 Å². The quantitative estimate of drug-likeness (QED) is 0.794. The van der Waals surface area contributed by atoms with Gasteiger partial charge in [-0.05, 0) is 12.8 Å². The van der Waals surface area contributed by atoms with Crippen LogP contribution >= 0.6 is 0 Å². The molecule has 0 atom stereocenters. The van der Waals surface area contributed by atoms with E-state index in [4.69, 9.17) is 9.26 Å². The van der Waals surface area contributed by atoms with Crippen molar-refractivity contribution in [2.24, 2.45) is 0 Å². The number of ether oxygens (including phenoxy) is 1. The summed E-state index contributed by atoms with van der Waals surface area (Å²) in [5, 5.41) is 7.22. The molecule has 1 N–H and O–H groups in total. The molecule has 2 rings (SSSR count). The Bertz CT molecular complexity index is 295. The van der Waals surface area contributed by atoms with Crippen LogP contribution in [0.1, 0.15) is 37.4 Å². The molecule has 0 aliphatic heterocycles. The van der Waals surface area contributed by atoms with E-state index in [1.807, 2.05) is 0 Å². The summed E-state index contributed by atoms with van der Waals surface area (Å²) >= 11 is 0. The van der Waals surface area contributed by atoms with E-state index in [9.17, 15) is 0 Å². The molecule has 5 heteroatoms. The minimum absolute atomic E-state index is 0.410. The first kappa shape index (κ1) is 10.6. The maximum absolute atomic E-state index is 5.07. The number of methoxy groups -OCH3 is 1. The number of rotatable bonds is 5. The largest absolute Gasteiger partial charge is 0.377 e. The van der Waals surface area contributed by atoms with Crippen LogP contribution in [0.3, 0.4) is 0 Å². The van der Waals surface area contributed by atoms with Gasteiger partial charge in [0.25, 0.3) is 0 Å². The first-order valence-electron chi connectivity index (χ1n) is 5.42. The summed E-state index contributed by atoms with van der Waals surface area (Å²) < 4.78 is 9.99. The number of nitrogens with one attached hydrogen (secondary N) is 1. The Morgan fingerprint density at radius 3 is 3.00 bits per heavy atom. The highest BCUT2D eigenvalue weighted by molar-refractivity contribution is 4.85. The van der Waals surface area contributed by atoms with E-state index >= 15 is 0 Å². The predicted octanol–water partition coefficient (Wildman–Crippen LogP) is 1.25. The van der Waals surface area contributed by atoms with Crippen molar-refractivity contribution in [1.29, 1.82) is 0 Å². The fraction of sp³-hybridized carbons (Fsp3) is 0.800. The van der Waals surface area contributed by atoms with Gasteiger partial charge in [0.05, 0.1) is 6.54 Å². The van der Waals surface area contributed by atoms with Crippen LogP contribution in [0.2, 0.25) is 0 Å². The first-order valence-corrected chi connectivity index (χ1v) is 5.42. The van der Waals surface area contributed by atoms with Gasteiger partial charge in [0.15, 0.2) is 5.82 Å². The molecule has 15 heavy (non-hydrogen) atoms. The molecule has 0 bridgehead atoms. The molecule has 1 aliphatic rings. The van der Waals surface area contributed by atoms with Crippen molar-refractivity contribution in [3.05, 3.63) is 11.7 Å². The van der Waals surface area contributed by atoms with E-state index in [0.717, 1.165) is 0 Å². The monoisotopic (exact) mass is 211 g/mol. The van der Waals surface area contributed by atoms with Gasteiger partial charge in [-0.1, -0.05) is 18.0 Å². The Balaban J connectivity index is 1.77. The molecule has 0 unspecified atom stereocenters. The van der Waals surface area contributed by atoms with Crippen LogP contribution < -0.4 is 5.32 Å². The minimum atomic E-state index is 0.410. The lowest BCUT2D eigenvalue weighted by Crippen LogP contribution is -2.25. The lowest BCUT2D eigenvalue weighted by atomic mass is 10.2. The Morgan fingerprint density at radius 1 is 1.47 bits per heavy atom. The molecular weight excluding hydrogens is 194 g/mol. The van der Waals surface area contributed by atoms with Gasteiger partial charge >= 0.3 is 0 Å². The van der Waals surface area contributed by atoms with Crippen molar-refractivity contribution in [2.45, 2.75) is 44.9 Å². The van der Waals surface area contributed by atoms with Crippen molar-refractivity contribution in [2.75, 3.05) is 7.11 Å². The number of hydrogen-bond donors (Lipinski definition) is 1. The summed E-state index contributed by atoms with van der Waals surface area (Å²) in [4.78, 5) is 4.20. The Hall–Kier alpha value is -0.940. The summed E-state index contributed by atoms with van der Waals surface area (Å²) in [6.07, 6.45) is 5.19. The predicted molar refractivity (Wildman–Crippen MR) is 54.1 cm³/mol. The van der Waals surface area contributed by atoms with Crippen molar-refractivity contribution in [3.63, 3.8) is 0 Å². The fourth-order valence-electron chi connectivity index (χ4n) is 1.91. The average Bonchev–Trinajstić information content (AvgIpc) is 2.85. The SMILES string of the molecule is COCc1noc(CNC2CCCC2)n1. The summed E-state index contributed by atoms with van der Waals surface area (Å²) in [5.41, 5.74) is 0. The normalized spacial score (nSPS) is 17.4. The van der Waals surface area contributed by atoms with Gasteiger partial charge in [0.1, 0.15) is 6.61 Å². The van der Waals surface area contributed by atoms with Crippen LogP contribution in [0.4, 0.5) is 0 Å². The summed E-state index contributed by atoms with van der Waals surface area (Å²) in [7, 11) is 1.62. The van der Waals surface area contributed by atoms with E-state index in [0.29, 0.717) is 30.9 Å². The van der Waals surface area contributed by atoms with Crippen molar-refractivity contribution in [1.82, 2.24) is 15.5 Å². The standard InChI is InChI=1S/C10H17N3O2/c1-14-7-9-12-10(15-13-9)6-11-8-4-2-3-5-8/h8,11H,2-7H2,1H3. The molecule has 1 aliphatic carbocycles. The van der Waals surface area contributed by atoms with Crippen molar-refractivity contribution in [3.8, 4) is 0 Å². The zero-order chi connectivity index (χ0) is 10.5. The molecule has 1 saturated carbocycles. The van der Waals surface area contributed by atoms with Crippen LogP contribution in [0.25, 0.3) is 0 Å². The fourth-order valence-corrected chi connectivity index (χ4v) is 1.91. The van der Waals surface area contributed by atoms with Gasteiger partial charge < -0.3 is 14.6 Å². The summed E-state index contributed by atoms with van der Waals surface area (Å²) in [5.74, 6) is 1.26. The number of aromatic nitrogens is 2. The lowest BCUT2D eigenvalue weighted by Gasteiger charge is -2.08. The highest BCUT2D eigenvalue weighted by atomic mass is 16.5. The maximum Gasteiger partial charge on any atom is 0.240 e. The van der Waals surface area contributed by atoms with E-state index in [1.165, 1.54) is 25.7 Å². The molecule has 0 radical (unpaired) electrons. The van der Waals surface area contributed by atoms with Gasteiger partial charge in [0, 0.05) is 13.2 Å². The Labute approximate surface area is 89.2 Å². The van der Waals surface area contributed by atoms with Crippen LogP contribution in [0.5, 0.6) is 0 Å². The van der Waals surface area contributed by atoms with E-state index < -0.39 is 0 Å². The summed E-state index contributed by atoms with van der Waals surface area (Å²) in [6.45, 7) is 1.08. The third kappa shape index (κ3) is 3.00. The molecule has 1 aromatic rings. The van der Waals surface area contributed by atoms with Gasteiger partial charge in [-0.2, -0.15) is 4.98 Å². The molecule has 0 spiro atoms. The van der Waals surface area contributed by atoms with E-state index in [1.54, 1.807) is 7.11 Å². The first-order chi connectivity index (χ1) is 7.38. The van der Waals surface area contributed by atoms with E-state index in [-0.39, 0.29) is 0 Å². The average molecular weight is 211 g/mol. The second-order valence-corrected chi connectivity index (χ2v) is 3.90. The zero-order valence-electron chi connectivity index (χ0n) is 9.03. The molecule has 1 fully saturated rings. The molecule has 0 saturated heterocycles. The third-order valence-corrected chi connectivity index (χ3v) is 2.68. The Kier molecular flexibility index (Phi) is 3.69. The van der Waals surface area contributed by atoms with Crippen LogP contribution in [-0.2, 0) is 17.9 Å². The molecule has 84 valence electrons. The second-order valence-electron chi connectivity index (χ2n) is 3.90. The smallest absolute Gasteiger partial charge is 0.240 e. The van der Waals surface area contributed by atoms with Crippen molar-refractivity contribution >= 4 is 0 Å². The van der Waals surface area contributed by atoms with Crippen LogP contribution in [0.15, 0.2) is 4.52 Å². The van der Waals surface area contributed by atoms with E-state index in [2.05, 4.69) is 15.5 Å². The van der Waals surface area contributed by atoms with Crippen molar-refractivity contribution < 1.29 is 9.26 Å². The molecule has 0 aromatic carbocycles. The van der Waals surface area contributed by atoms with Crippen LogP contribution in [-0.4, -0.2) is 23.3 Å². The molecule has 1 heterocycles. The summed E-state index contributed by atoms with van der Waals surface area (Å²) in [6, 6.07) is 0.628. The Morgan fingerprint density at radius 2 is 2.27 bits per heavy atom. The molecular formula is C10H17N3O2. The third-order valence-electron chi connectivity index (χ3n) is 2.68. The number of hydrogen-bond acceptors (Lipinski definition) is 5. The van der Waals surface area contributed by atoms with Gasteiger partial charge in [-0.15, -0.1) is 0 Å². The van der Waals surface area contributed by atoms with Gasteiger partial charge in [-0.3, -0.25) is 0 Å². The molecule has 1 aromatic heterocycles. The minimum Gasteiger partial charge on any atom is -0.377 e. The highest BCUT2D eigenvalue weighted by Crippen LogP contribution is 2.17. The second kappa shape index (κ2) is 5.23. The highest BCUT2D eigenvalue weighted by Gasteiger charge is 2.15.